The van der Waals surface area contributed by atoms with Crippen molar-refractivity contribution in [3.05, 3.63) is 48.2 Å². The van der Waals surface area contributed by atoms with Crippen LogP contribution in [-0.4, -0.2) is 18.5 Å². The van der Waals surface area contributed by atoms with Gasteiger partial charge >= 0.3 is 5.97 Å². The first-order valence-corrected chi connectivity index (χ1v) is 8.23. The minimum absolute atomic E-state index is 0.129. The maximum atomic E-state index is 12.0. The van der Waals surface area contributed by atoms with E-state index in [-0.39, 0.29) is 30.4 Å². The number of para-hydroxylation sites is 1. The number of hydrogen-bond acceptors (Lipinski definition) is 4. The summed E-state index contributed by atoms with van der Waals surface area (Å²) >= 11 is 0. The van der Waals surface area contributed by atoms with Crippen LogP contribution < -0.4 is 5.32 Å². The maximum Gasteiger partial charge on any atom is 0.309 e. The Labute approximate surface area is 140 Å². The van der Waals surface area contributed by atoms with Crippen LogP contribution >= 0.6 is 0 Å². The predicted octanol–water partition coefficient (Wildman–Crippen LogP) is 3.51. The van der Waals surface area contributed by atoms with Crippen LogP contribution in [0.3, 0.4) is 0 Å². The van der Waals surface area contributed by atoms with E-state index in [0.29, 0.717) is 12.2 Å². The summed E-state index contributed by atoms with van der Waals surface area (Å²) in [5, 5.41) is 3.78. The zero-order valence-corrected chi connectivity index (χ0v) is 13.7. The summed E-state index contributed by atoms with van der Waals surface area (Å²) in [4.78, 5) is 23.9. The van der Waals surface area contributed by atoms with Crippen LogP contribution in [-0.2, 0) is 14.3 Å². The summed E-state index contributed by atoms with van der Waals surface area (Å²) in [6, 6.07) is 9.29. The van der Waals surface area contributed by atoms with Crippen molar-refractivity contribution in [3.63, 3.8) is 0 Å². The molecule has 126 valence electrons. The molecule has 1 heterocycles. The Morgan fingerprint density at radius 1 is 1.33 bits per heavy atom. The van der Waals surface area contributed by atoms with E-state index in [2.05, 4.69) is 11.4 Å². The van der Waals surface area contributed by atoms with Crippen LogP contribution in [0.1, 0.15) is 38.0 Å². The molecule has 24 heavy (non-hydrogen) atoms. The average molecular weight is 327 g/mol. The number of amides is 1. The molecule has 0 bridgehead atoms. The molecule has 5 heteroatoms. The molecular weight excluding hydrogens is 306 g/mol. The van der Waals surface area contributed by atoms with Gasteiger partial charge in [0.15, 0.2) is 6.61 Å². The highest BCUT2D eigenvalue weighted by atomic mass is 16.5. The Bertz CT molecular complexity index is 729. The lowest BCUT2D eigenvalue weighted by molar-refractivity contribution is -0.153. The first kappa shape index (κ1) is 16.3. The quantitative estimate of drug-likeness (QED) is 0.674. The van der Waals surface area contributed by atoms with E-state index < -0.39 is 0 Å². The van der Waals surface area contributed by atoms with Gasteiger partial charge in [0.2, 0.25) is 0 Å². The van der Waals surface area contributed by atoms with Crippen molar-refractivity contribution >= 4 is 22.8 Å². The first-order valence-electron chi connectivity index (χ1n) is 8.23. The van der Waals surface area contributed by atoms with Gasteiger partial charge in [-0.05, 0) is 38.3 Å². The lowest BCUT2D eigenvalue weighted by Crippen LogP contribution is -2.32. The van der Waals surface area contributed by atoms with E-state index >= 15 is 0 Å². The van der Waals surface area contributed by atoms with E-state index in [1.807, 2.05) is 43.3 Å². The van der Waals surface area contributed by atoms with E-state index in [4.69, 9.17) is 9.15 Å². The molecule has 0 radical (unpaired) electrons. The smallest absolute Gasteiger partial charge is 0.309 e. The number of fused-ring (bicyclic) bond motifs is 1. The van der Waals surface area contributed by atoms with Crippen molar-refractivity contribution < 1.29 is 18.7 Å². The van der Waals surface area contributed by atoms with Gasteiger partial charge in [0, 0.05) is 5.39 Å². The molecule has 3 rings (SSSR count). The molecule has 2 atom stereocenters. The Morgan fingerprint density at radius 3 is 2.92 bits per heavy atom. The van der Waals surface area contributed by atoms with Crippen molar-refractivity contribution in [1.29, 1.82) is 0 Å². The zero-order chi connectivity index (χ0) is 16.9. The highest BCUT2D eigenvalue weighted by molar-refractivity contribution is 5.82. The minimum atomic E-state index is -0.331. The SMILES string of the molecule is C[C@@H](NC(=O)COC(=O)[C@@H]1CC=CCC1)c1cc2ccccc2o1. The van der Waals surface area contributed by atoms with Gasteiger partial charge in [-0.25, -0.2) is 0 Å². The molecule has 1 N–H and O–H groups in total. The third-order valence-electron chi connectivity index (χ3n) is 4.20. The second kappa shape index (κ2) is 7.34. The molecule has 1 aliphatic carbocycles. The fourth-order valence-electron chi connectivity index (χ4n) is 2.83. The molecule has 0 fully saturated rings. The van der Waals surface area contributed by atoms with Gasteiger partial charge < -0.3 is 14.5 Å². The zero-order valence-electron chi connectivity index (χ0n) is 13.7. The normalized spacial score (nSPS) is 18.3. The van der Waals surface area contributed by atoms with Gasteiger partial charge in [0.05, 0.1) is 12.0 Å². The number of hydrogen-bond donors (Lipinski definition) is 1. The summed E-state index contributed by atoms with van der Waals surface area (Å²) < 4.78 is 10.8. The van der Waals surface area contributed by atoms with E-state index in [0.717, 1.165) is 23.8 Å². The van der Waals surface area contributed by atoms with Crippen molar-refractivity contribution in [2.75, 3.05) is 6.61 Å². The second-order valence-electron chi connectivity index (χ2n) is 6.06. The Hall–Kier alpha value is -2.56. The predicted molar refractivity (Wildman–Crippen MR) is 90.2 cm³/mol. The Balaban J connectivity index is 1.50. The molecule has 2 aromatic rings. The molecule has 0 unspecified atom stereocenters. The van der Waals surface area contributed by atoms with Crippen molar-refractivity contribution in [3.8, 4) is 0 Å². The number of carbonyl (C=O) groups excluding carboxylic acids is 2. The van der Waals surface area contributed by atoms with Gasteiger partial charge in [-0.2, -0.15) is 0 Å². The highest BCUT2D eigenvalue weighted by Gasteiger charge is 2.21. The maximum absolute atomic E-state index is 12.0. The van der Waals surface area contributed by atoms with E-state index in [9.17, 15) is 9.59 Å². The molecule has 1 aliphatic rings. The van der Waals surface area contributed by atoms with E-state index in [1.165, 1.54) is 0 Å². The number of allylic oxidation sites excluding steroid dienone is 2. The lowest BCUT2D eigenvalue weighted by atomic mass is 9.95. The fourth-order valence-corrected chi connectivity index (χ4v) is 2.83. The molecule has 1 aromatic carbocycles. The van der Waals surface area contributed by atoms with Crippen LogP contribution in [0.4, 0.5) is 0 Å². The van der Waals surface area contributed by atoms with E-state index in [1.54, 1.807) is 0 Å². The summed E-state index contributed by atoms with van der Waals surface area (Å²) in [6.45, 7) is 1.58. The van der Waals surface area contributed by atoms with Crippen LogP contribution in [0.2, 0.25) is 0 Å². The van der Waals surface area contributed by atoms with Gasteiger partial charge in [-0.15, -0.1) is 0 Å². The number of ether oxygens (including phenoxy) is 1. The summed E-state index contributed by atoms with van der Waals surface area (Å²) in [7, 11) is 0. The second-order valence-corrected chi connectivity index (χ2v) is 6.06. The number of benzene rings is 1. The van der Waals surface area contributed by atoms with Crippen molar-refractivity contribution in [2.24, 2.45) is 5.92 Å². The summed E-state index contributed by atoms with van der Waals surface area (Å²) in [6.07, 6.45) is 6.40. The molecule has 1 amide bonds. The average Bonchev–Trinajstić information content (AvgIpc) is 3.05. The highest BCUT2D eigenvalue weighted by Crippen LogP contribution is 2.23. The molecule has 0 saturated heterocycles. The monoisotopic (exact) mass is 327 g/mol. The molecular formula is C19H21NO4. The van der Waals surface area contributed by atoms with Crippen LogP contribution in [0, 0.1) is 5.92 Å². The van der Waals surface area contributed by atoms with Gasteiger partial charge in [0.25, 0.3) is 5.91 Å². The van der Waals surface area contributed by atoms with Crippen LogP contribution in [0.15, 0.2) is 46.9 Å². The number of carbonyl (C=O) groups is 2. The van der Waals surface area contributed by atoms with Crippen molar-refractivity contribution in [1.82, 2.24) is 5.32 Å². The summed E-state index contributed by atoms with van der Waals surface area (Å²) in [5.41, 5.74) is 0.783. The topological polar surface area (TPSA) is 68.5 Å². The molecule has 0 spiro atoms. The molecule has 0 saturated carbocycles. The van der Waals surface area contributed by atoms with Crippen LogP contribution in [0.5, 0.6) is 0 Å². The van der Waals surface area contributed by atoms with Gasteiger partial charge in [0.1, 0.15) is 11.3 Å². The Kier molecular flexibility index (Phi) is 4.99. The lowest BCUT2D eigenvalue weighted by Gasteiger charge is -2.17. The number of furan rings is 1. The third-order valence-corrected chi connectivity index (χ3v) is 4.20. The third kappa shape index (κ3) is 3.85. The standard InChI is InChI=1S/C19H21NO4/c1-13(17-11-15-9-5-6-10-16(15)24-17)20-18(21)12-23-19(22)14-7-3-2-4-8-14/h2-3,5-6,9-11,13-14H,4,7-8,12H2,1H3,(H,20,21)/t13-,14-/m1/s1. The van der Waals surface area contributed by atoms with Gasteiger partial charge in [-0.1, -0.05) is 30.4 Å². The van der Waals surface area contributed by atoms with Crippen molar-refractivity contribution in [2.45, 2.75) is 32.2 Å². The first-order chi connectivity index (χ1) is 11.6. The van der Waals surface area contributed by atoms with Gasteiger partial charge in [-0.3, -0.25) is 9.59 Å². The summed E-state index contributed by atoms with van der Waals surface area (Å²) in [5.74, 6) is -0.0857. The Morgan fingerprint density at radius 2 is 2.17 bits per heavy atom. The molecule has 1 aromatic heterocycles. The molecule has 5 nitrogen and oxygen atoms in total. The fraction of sp³-hybridized carbons (Fsp3) is 0.368. The molecule has 0 aliphatic heterocycles. The number of nitrogens with one attached hydrogen (secondary N) is 1. The number of esters is 1. The minimum Gasteiger partial charge on any atom is -0.459 e. The largest absolute Gasteiger partial charge is 0.459 e. The van der Waals surface area contributed by atoms with Crippen LogP contribution in [0.25, 0.3) is 11.0 Å². The number of rotatable bonds is 5.